The Balaban J connectivity index is 1.60. The molecule has 1 atom stereocenters. The minimum Gasteiger partial charge on any atom is -0.349 e. The van der Waals surface area contributed by atoms with Gasteiger partial charge in [-0.1, -0.05) is 0 Å². The lowest BCUT2D eigenvalue weighted by Gasteiger charge is -2.23. The highest BCUT2D eigenvalue weighted by Gasteiger charge is 2.21. The Kier molecular flexibility index (Phi) is 3.82. The molecular weight excluding hydrogens is 310 g/mol. The number of halogens is 1. The molecule has 0 radical (unpaired) electrons. The molecule has 1 unspecified atom stereocenters. The molecule has 3 nitrogen and oxygen atoms in total. The maximum absolute atomic E-state index is 4.25. The Morgan fingerprint density at radius 3 is 3.33 bits per heavy atom. The van der Waals surface area contributed by atoms with Crippen LogP contribution >= 0.6 is 27.3 Å². The summed E-state index contributed by atoms with van der Waals surface area (Å²) < 4.78 is 1.26. The summed E-state index contributed by atoms with van der Waals surface area (Å²) in [7, 11) is 0. The van der Waals surface area contributed by atoms with Crippen LogP contribution in [0.15, 0.2) is 22.2 Å². The summed E-state index contributed by atoms with van der Waals surface area (Å²) in [5, 5.41) is 3.66. The van der Waals surface area contributed by atoms with Gasteiger partial charge in [-0.2, -0.15) is 0 Å². The topological polar surface area (TPSA) is 40.7 Å². The van der Waals surface area contributed by atoms with E-state index in [9.17, 15) is 0 Å². The first-order valence-corrected chi connectivity index (χ1v) is 7.93. The molecule has 0 amide bonds. The Morgan fingerprint density at radius 1 is 1.56 bits per heavy atom. The molecule has 2 heterocycles. The van der Waals surface area contributed by atoms with Crippen LogP contribution in [-0.2, 0) is 12.8 Å². The SMILES string of the molecule is Brc1cc2c(s1)CCCC2NCCc1ncc[nH]1. The fourth-order valence-corrected chi connectivity index (χ4v) is 4.35. The molecule has 2 aromatic rings. The van der Waals surface area contributed by atoms with E-state index in [1.807, 2.05) is 23.7 Å². The zero-order valence-corrected chi connectivity index (χ0v) is 12.5. The molecular formula is C13H16BrN3S. The Labute approximate surface area is 119 Å². The monoisotopic (exact) mass is 325 g/mol. The van der Waals surface area contributed by atoms with Crippen LogP contribution < -0.4 is 5.32 Å². The molecule has 0 saturated carbocycles. The number of fused-ring (bicyclic) bond motifs is 1. The highest BCUT2D eigenvalue weighted by molar-refractivity contribution is 9.11. The number of aromatic nitrogens is 2. The van der Waals surface area contributed by atoms with Crippen molar-refractivity contribution in [3.05, 3.63) is 38.5 Å². The van der Waals surface area contributed by atoms with Crippen molar-refractivity contribution in [1.29, 1.82) is 0 Å². The standard InChI is InChI=1S/C13H16BrN3S/c14-12-8-9-10(2-1-3-11(9)18-12)15-5-4-13-16-6-7-17-13/h6-8,10,15H,1-5H2,(H,16,17). The van der Waals surface area contributed by atoms with Crippen molar-refractivity contribution in [3.8, 4) is 0 Å². The third-order valence-corrected chi connectivity index (χ3v) is 5.10. The smallest absolute Gasteiger partial charge is 0.107 e. The van der Waals surface area contributed by atoms with Gasteiger partial charge in [-0.3, -0.25) is 0 Å². The molecule has 1 aliphatic carbocycles. The average Bonchev–Trinajstić information content (AvgIpc) is 2.97. The first-order chi connectivity index (χ1) is 8.83. The Hall–Kier alpha value is -0.650. The number of rotatable bonds is 4. The van der Waals surface area contributed by atoms with E-state index in [1.165, 1.54) is 28.6 Å². The van der Waals surface area contributed by atoms with Gasteiger partial charge in [0.05, 0.1) is 3.79 Å². The van der Waals surface area contributed by atoms with Crippen LogP contribution in [0.1, 0.15) is 35.1 Å². The van der Waals surface area contributed by atoms with Gasteiger partial charge in [0.1, 0.15) is 5.82 Å². The number of hydrogen-bond donors (Lipinski definition) is 2. The van der Waals surface area contributed by atoms with E-state index < -0.39 is 0 Å². The lowest BCUT2D eigenvalue weighted by atomic mass is 9.94. The zero-order valence-electron chi connectivity index (χ0n) is 10.1. The number of aryl methyl sites for hydroxylation is 1. The van der Waals surface area contributed by atoms with Gasteiger partial charge in [-0.25, -0.2) is 4.98 Å². The van der Waals surface area contributed by atoms with Gasteiger partial charge < -0.3 is 10.3 Å². The number of hydrogen-bond acceptors (Lipinski definition) is 3. The second-order valence-electron chi connectivity index (χ2n) is 4.61. The molecule has 2 N–H and O–H groups in total. The molecule has 0 aliphatic heterocycles. The molecule has 3 rings (SSSR count). The van der Waals surface area contributed by atoms with Crippen LogP contribution in [0.3, 0.4) is 0 Å². The van der Waals surface area contributed by atoms with Crippen molar-refractivity contribution in [2.45, 2.75) is 31.7 Å². The van der Waals surface area contributed by atoms with E-state index >= 15 is 0 Å². The minimum atomic E-state index is 0.520. The molecule has 96 valence electrons. The minimum absolute atomic E-state index is 0.520. The molecule has 0 aromatic carbocycles. The van der Waals surface area contributed by atoms with Crippen molar-refractivity contribution in [2.75, 3.05) is 6.54 Å². The molecule has 0 spiro atoms. The largest absolute Gasteiger partial charge is 0.349 e. The van der Waals surface area contributed by atoms with Crippen molar-refractivity contribution in [1.82, 2.24) is 15.3 Å². The number of H-pyrrole nitrogens is 1. The number of nitrogens with one attached hydrogen (secondary N) is 2. The maximum Gasteiger partial charge on any atom is 0.107 e. The van der Waals surface area contributed by atoms with Crippen molar-refractivity contribution < 1.29 is 0 Å². The normalized spacial score (nSPS) is 18.8. The number of thiophene rings is 1. The van der Waals surface area contributed by atoms with Crippen LogP contribution in [0.5, 0.6) is 0 Å². The summed E-state index contributed by atoms with van der Waals surface area (Å²) in [6.07, 6.45) is 8.42. The zero-order chi connectivity index (χ0) is 12.4. The summed E-state index contributed by atoms with van der Waals surface area (Å²) in [6, 6.07) is 2.80. The van der Waals surface area contributed by atoms with E-state index in [-0.39, 0.29) is 0 Å². The maximum atomic E-state index is 4.25. The van der Waals surface area contributed by atoms with Gasteiger partial charge in [-0.05, 0) is 46.8 Å². The molecule has 1 aliphatic rings. The molecule has 2 aromatic heterocycles. The Morgan fingerprint density at radius 2 is 2.50 bits per heavy atom. The van der Waals surface area contributed by atoms with Gasteiger partial charge in [-0.15, -0.1) is 11.3 Å². The Bertz CT molecular complexity index is 506. The third kappa shape index (κ3) is 2.68. The fraction of sp³-hybridized carbons (Fsp3) is 0.462. The van der Waals surface area contributed by atoms with Gasteiger partial charge >= 0.3 is 0 Å². The lowest BCUT2D eigenvalue weighted by molar-refractivity contribution is 0.465. The molecule has 0 saturated heterocycles. The van der Waals surface area contributed by atoms with Crippen molar-refractivity contribution in [3.63, 3.8) is 0 Å². The second kappa shape index (κ2) is 5.55. The second-order valence-corrected chi connectivity index (χ2v) is 7.13. The molecule has 5 heteroatoms. The van der Waals surface area contributed by atoms with Crippen LogP contribution in [0, 0.1) is 0 Å². The first-order valence-electron chi connectivity index (χ1n) is 6.32. The van der Waals surface area contributed by atoms with Crippen molar-refractivity contribution in [2.24, 2.45) is 0 Å². The van der Waals surface area contributed by atoms with Crippen LogP contribution in [0.2, 0.25) is 0 Å². The third-order valence-electron chi connectivity index (χ3n) is 3.39. The van der Waals surface area contributed by atoms with E-state index in [4.69, 9.17) is 0 Å². The van der Waals surface area contributed by atoms with E-state index in [0.29, 0.717) is 6.04 Å². The van der Waals surface area contributed by atoms with Crippen molar-refractivity contribution >= 4 is 27.3 Å². The fourth-order valence-electron chi connectivity index (χ4n) is 2.53. The van der Waals surface area contributed by atoms with E-state index in [1.54, 1.807) is 4.88 Å². The van der Waals surface area contributed by atoms with Crippen LogP contribution in [0.25, 0.3) is 0 Å². The summed E-state index contributed by atoms with van der Waals surface area (Å²) in [5.74, 6) is 1.06. The van der Waals surface area contributed by atoms with Gasteiger partial charge in [0, 0.05) is 36.3 Å². The molecule has 0 bridgehead atoms. The molecule has 0 fully saturated rings. The molecule has 18 heavy (non-hydrogen) atoms. The number of imidazole rings is 1. The van der Waals surface area contributed by atoms with Gasteiger partial charge in [0.25, 0.3) is 0 Å². The highest BCUT2D eigenvalue weighted by atomic mass is 79.9. The van der Waals surface area contributed by atoms with Gasteiger partial charge in [0.15, 0.2) is 0 Å². The first kappa shape index (κ1) is 12.4. The van der Waals surface area contributed by atoms with E-state index in [2.05, 4.69) is 37.3 Å². The van der Waals surface area contributed by atoms with Gasteiger partial charge in [0.2, 0.25) is 0 Å². The predicted molar refractivity (Wildman–Crippen MR) is 78.0 cm³/mol. The van der Waals surface area contributed by atoms with Crippen LogP contribution in [-0.4, -0.2) is 16.5 Å². The summed E-state index contributed by atoms with van der Waals surface area (Å²) in [5.41, 5.74) is 1.50. The summed E-state index contributed by atoms with van der Waals surface area (Å²) in [4.78, 5) is 8.93. The van der Waals surface area contributed by atoms with E-state index in [0.717, 1.165) is 18.8 Å². The summed E-state index contributed by atoms with van der Waals surface area (Å²) >= 11 is 5.48. The average molecular weight is 326 g/mol. The lowest BCUT2D eigenvalue weighted by Crippen LogP contribution is -2.26. The van der Waals surface area contributed by atoms with Crippen LogP contribution in [0.4, 0.5) is 0 Å². The summed E-state index contributed by atoms with van der Waals surface area (Å²) in [6.45, 7) is 0.977. The quantitative estimate of drug-likeness (QED) is 0.904. The highest BCUT2D eigenvalue weighted by Crippen LogP contribution is 2.37. The number of aromatic amines is 1. The number of nitrogens with zero attached hydrogens (tertiary/aromatic N) is 1. The predicted octanol–water partition coefficient (Wildman–Crippen LogP) is 3.44.